The second kappa shape index (κ2) is 9.20. The molecular formula is C22H16F3N3O3S2. The Morgan fingerprint density at radius 1 is 0.818 bits per heavy atom. The van der Waals surface area contributed by atoms with Crippen molar-refractivity contribution in [3.8, 4) is 5.75 Å². The predicted octanol–water partition coefficient (Wildman–Crippen LogP) is 5.42. The molecular weight excluding hydrogens is 475 g/mol. The van der Waals surface area contributed by atoms with Gasteiger partial charge in [-0.15, -0.1) is 23.4 Å². The fourth-order valence-corrected chi connectivity index (χ4v) is 5.29. The lowest BCUT2D eigenvalue weighted by atomic mass is 9.92. The third kappa shape index (κ3) is 5.68. The summed E-state index contributed by atoms with van der Waals surface area (Å²) in [6.07, 6.45) is -4.87. The normalized spacial score (nSPS) is 12.0. The van der Waals surface area contributed by atoms with Crippen LogP contribution in [0.1, 0.15) is 22.1 Å². The van der Waals surface area contributed by atoms with Gasteiger partial charge in [0.1, 0.15) is 10.8 Å². The molecule has 1 aromatic heterocycles. The SMILES string of the molecule is O=S(=O)(Nc1nnc(C(c2ccccc2)c2ccccc2)s1)c1ccc(OC(F)(F)F)cc1. The Morgan fingerprint density at radius 2 is 1.36 bits per heavy atom. The van der Waals surface area contributed by atoms with Crippen LogP contribution in [0.3, 0.4) is 0 Å². The third-order valence-electron chi connectivity index (χ3n) is 4.54. The number of alkyl halides is 3. The Labute approximate surface area is 191 Å². The molecule has 170 valence electrons. The lowest BCUT2D eigenvalue weighted by molar-refractivity contribution is -0.274. The molecule has 0 aliphatic heterocycles. The van der Waals surface area contributed by atoms with Gasteiger partial charge >= 0.3 is 6.36 Å². The van der Waals surface area contributed by atoms with Crippen molar-refractivity contribution >= 4 is 26.5 Å². The molecule has 4 rings (SSSR count). The lowest BCUT2D eigenvalue weighted by Crippen LogP contribution is -2.17. The van der Waals surface area contributed by atoms with Gasteiger partial charge in [0.15, 0.2) is 0 Å². The molecule has 1 N–H and O–H groups in total. The monoisotopic (exact) mass is 491 g/mol. The average Bonchev–Trinajstić information content (AvgIpc) is 3.22. The number of halogens is 3. The highest BCUT2D eigenvalue weighted by atomic mass is 32.2. The molecule has 6 nitrogen and oxygen atoms in total. The van der Waals surface area contributed by atoms with Gasteiger partial charge in [0.05, 0.1) is 10.8 Å². The zero-order chi connectivity index (χ0) is 23.5. The highest BCUT2D eigenvalue weighted by molar-refractivity contribution is 7.93. The molecule has 0 bridgehead atoms. The van der Waals surface area contributed by atoms with Crippen molar-refractivity contribution in [2.45, 2.75) is 17.2 Å². The first-order valence-electron chi connectivity index (χ1n) is 9.53. The van der Waals surface area contributed by atoms with E-state index in [0.29, 0.717) is 5.01 Å². The minimum Gasteiger partial charge on any atom is -0.406 e. The van der Waals surface area contributed by atoms with Crippen LogP contribution in [0, 0.1) is 0 Å². The number of nitrogens with one attached hydrogen (secondary N) is 1. The zero-order valence-corrected chi connectivity index (χ0v) is 18.4. The Balaban J connectivity index is 1.58. The number of ether oxygens (including phenoxy) is 1. The minimum absolute atomic E-state index is 0.0393. The topological polar surface area (TPSA) is 81.2 Å². The van der Waals surface area contributed by atoms with Crippen molar-refractivity contribution < 1.29 is 26.3 Å². The standard InChI is InChI=1S/C22H16F3N3O3S2/c23-22(24,25)31-17-11-13-18(14-12-17)33(29,30)28-21-27-26-20(32-21)19(15-7-3-1-4-8-15)16-9-5-2-6-10-16/h1-14,19H,(H,27,28). The molecule has 0 fully saturated rings. The van der Waals surface area contributed by atoms with E-state index in [9.17, 15) is 21.6 Å². The lowest BCUT2D eigenvalue weighted by Gasteiger charge is -2.14. The third-order valence-corrected chi connectivity index (χ3v) is 6.93. The maximum absolute atomic E-state index is 12.7. The molecule has 0 aliphatic carbocycles. The molecule has 33 heavy (non-hydrogen) atoms. The van der Waals surface area contributed by atoms with E-state index in [4.69, 9.17) is 0 Å². The maximum Gasteiger partial charge on any atom is 0.573 e. The van der Waals surface area contributed by atoms with Crippen LogP contribution in [-0.4, -0.2) is 25.0 Å². The summed E-state index contributed by atoms with van der Waals surface area (Å²) in [5.74, 6) is -0.768. The van der Waals surface area contributed by atoms with E-state index in [1.165, 1.54) is 0 Å². The van der Waals surface area contributed by atoms with Crippen LogP contribution in [0.2, 0.25) is 0 Å². The van der Waals surface area contributed by atoms with Crippen molar-refractivity contribution in [2.75, 3.05) is 4.72 Å². The van der Waals surface area contributed by atoms with E-state index in [2.05, 4.69) is 19.7 Å². The van der Waals surface area contributed by atoms with Crippen molar-refractivity contribution in [1.29, 1.82) is 0 Å². The van der Waals surface area contributed by atoms with Crippen molar-refractivity contribution in [1.82, 2.24) is 10.2 Å². The Bertz CT molecular complexity index is 1270. The summed E-state index contributed by atoms with van der Waals surface area (Å²) in [6, 6.07) is 23.1. The largest absolute Gasteiger partial charge is 0.573 e. The van der Waals surface area contributed by atoms with Crippen molar-refractivity contribution in [3.63, 3.8) is 0 Å². The first-order valence-corrected chi connectivity index (χ1v) is 11.8. The molecule has 3 aromatic carbocycles. The van der Waals surface area contributed by atoms with Crippen LogP contribution in [-0.2, 0) is 10.0 Å². The predicted molar refractivity (Wildman–Crippen MR) is 118 cm³/mol. The first-order chi connectivity index (χ1) is 15.7. The summed E-state index contributed by atoms with van der Waals surface area (Å²) in [6.45, 7) is 0. The number of rotatable bonds is 7. The smallest absolute Gasteiger partial charge is 0.406 e. The van der Waals surface area contributed by atoms with Gasteiger partial charge in [-0.25, -0.2) is 8.42 Å². The molecule has 0 spiro atoms. The van der Waals surface area contributed by atoms with Gasteiger partial charge in [-0.3, -0.25) is 4.72 Å². The van der Waals surface area contributed by atoms with Crippen LogP contribution < -0.4 is 9.46 Å². The summed E-state index contributed by atoms with van der Waals surface area (Å²) in [5.41, 5.74) is 1.93. The number of aromatic nitrogens is 2. The van der Waals surface area contributed by atoms with Gasteiger partial charge in [-0.1, -0.05) is 72.0 Å². The van der Waals surface area contributed by atoms with Crippen LogP contribution in [0.15, 0.2) is 89.8 Å². The maximum atomic E-state index is 12.7. The van der Waals surface area contributed by atoms with Crippen molar-refractivity contribution in [3.05, 3.63) is 101 Å². The van der Waals surface area contributed by atoms with Gasteiger partial charge < -0.3 is 4.74 Å². The number of anilines is 1. The molecule has 0 saturated carbocycles. The van der Waals surface area contributed by atoms with Crippen LogP contribution in [0.25, 0.3) is 0 Å². The molecule has 0 aliphatic rings. The molecule has 0 unspecified atom stereocenters. The zero-order valence-electron chi connectivity index (χ0n) is 16.7. The second-order valence-electron chi connectivity index (χ2n) is 6.82. The van der Waals surface area contributed by atoms with Gasteiger partial charge in [0, 0.05) is 0 Å². The fraction of sp³-hybridized carbons (Fsp3) is 0.0909. The van der Waals surface area contributed by atoms with Gasteiger partial charge in [-0.05, 0) is 35.4 Å². The first kappa shape index (κ1) is 22.7. The molecule has 1 heterocycles. The molecule has 0 radical (unpaired) electrons. The van der Waals surface area contributed by atoms with Crippen LogP contribution >= 0.6 is 11.3 Å². The summed E-state index contributed by atoms with van der Waals surface area (Å²) in [7, 11) is -4.09. The van der Waals surface area contributed by atoms with E-state index in [1.807, 2.05) is 60.7 Å². The molecule has 0 amide bonds. The summed E-state index contributed by atoms with van der Waals surface area (Å²) in [5, 5.41) is 8.79. The van der Waals surface area contributed by atoms with Crippen molar-refractivity contribution in [2.24, 2.45) is 0 Å². The fourth-order valence-electron chi connectivity index (χ4n) is 3.16. The highest BCUT2D eigenvalue weighted by Crippen LogP contribution is 2.35. The second-order valence-corrected chi connectivity index (χ2v) is 9.52. The van der Waals surface area contributed by atoms with E-state index < -0.39 is 22.1 Å². The molecule has 11 heteroatoms. The Kier molecular flexibility index (Phi) is 6.34. The van der Waals surface area contributed by atoms with E-state index in [0.717, 1.165) is 46.7 Å². The number of nitrogens with zero attached hydrogens (tertiary/aromatic N) is 2. The van der Waals surface area contributed by atoms with Crippen LogP contribution in [0.4, 0.5) is 18.3 Å². The number of hydrogen-bond donors (Lipinski definition) is 1. The molecule has 4 aromatic rings. The summed E-state index contributed by atoms with van der Waals surface area (Å²) < 4.78 is 68.4. The Hall–Kier alpha value is -3.44. The van der Waals surface area contributed by atoms with Gasteiger partial charge in [0.25, 0.3) is 10.0 Å². The van der Waals surface area contributed by atoms with E-state index in [-0.39, 0.29) is 15.9 Å². The van der Waals surface area contributed by atoms with Gasteiger partial charge in [-0.2, -0.15) is 0 Å². The van der Waals surface area contributed by atoms with E-state index >= 15 is 0 Å². The highest BCUT2D eigenvalue weighted by Gasteiger charge is 2.31. The number of hydrogen-bond acceptors (Lipinski definition) is 6. The average molecular weight is 492 g/mol. The summed E-state index contributed by atoms with van der Waals surface area (Å²) >= 11 is 1.08. The minimum atomic E-state index is -4.87. The van der Waals surface area contributed by atoms with E-state index in [1.54, 1.807) is 0 Å². The van der Waals surface area contributed by atoms with Gasteiger partial charge in [0.2, 0.25) is 5.13 Å². The summed E-state index contributed by atoms with van der Waals surface area (Å²) in [4.78, 5) is -0.239. The molecule has 0 atom stereocenters. The van der Waals surface area contributed by atoms with Crippen LogP contribution in [0.5, 0.6) is 5.75 Å². The Morgan fingerprint density at radius 3 is 1.88 bits per heavy atom. The molecule has 0 saturated heterocycles. The quantitative estimate of drug-likeness (QED) is 0.374. The number of benzene rings is 3. The number of sulfonamides is 1.